The third-order valence-electron chi connectivity index (χ3n) is 2.75. The summed E-state index contributed by atoms with van der Waals surface area (Å²) < 4.78 is 0. The average molecular weight is 192 g/mol. The van der Waals surface area contributed by atoms with Crippen LogP contribution < -0.4 is 4.90 Å². The van der Waals surface area contributed by atoms with Crippen molar-refractivity contribution in [2.75, 3.05) is 18.0 Å². The number of rotatable bonds is 2. The molecule has 1 N–H and O–H groups in total. The van der Waals surface area contributed by atoms with Crippen LogP contribution in [0.15, 0.2) is 18.3 Å². The molecule has 0 aromatic carbocycles. The molecule has 0 aliphatic carbocycles. The Morgan fingerprint density at radius 3 is 3.14 bits per heavy atom. The van der Waals surface area contributed by atoms with Gasteiger partial charge in [0.15, 0.2) is 0 Å². The molecule has 2 rings (SSSR count). The second kappa shape index (κ2) is 3.96. The maximum Gasteiger partial charge on any atom is 0.0853 e. The van der Waals surface area contributed by atoms with Crippen LogP contribution in [0.2, 0.25) is 0 Å². The van der Waals surface area contributed by atoms with Crippen LogP contribution in [0.4, 0.5) is 5.69 Å². The predicted octanol–water partition coefficient (Wildman–Crippen LogP) is 1.42. The lowest BCUT2D eigenvalue weighted by Crippen LogP contribution is -2.19. The molecule has 1 aromatic rings. The lowest BCUT2D eigenvalue weighted by Gasteiger charge is -2.18. The van der Waals surface area contributed by atoms with E-state index >= 15 is 0 Å². The Morgan fingerprint density at radius 2 is 2.50 bits per heavy atom. The molecule has 1 fully saturated rings. The van der Waals surface area contributed by atoms with Crippen molar-refractivity contribution in [2.24, 2.45) is 5.92 Å². The molecule has 1 aliphatic rings. The minimum absolute atomic E-state index is 0.0250. The van der Waals surface area contributed by atoms with E-state index in [-0.39, 0.29) is 6.61 Å². The minimum Gasteiger partial charge on any atom is -0.390 e. The molecule has 0 saturated carbocycles. The molecule has 2 heterocycles. The topological polar surface area (TPSA) is 36.4 Å². The van der Waals surface area contributed by atoms with E-state index in [1.54, 1.807) is 6.20 Å². The number of hydrogen-bond donors (Lipinski definition) is 1. The Balaban J connectivity index is 2.15. The summed E-state index contributed by atoms with van der Waals surface area (Å²) in [6.07, 6.45) is 3.03. The van der Waals surface area contributed by atoms with Crippen LogP contribution >= 0.6 is 0 Å². The van der Waals surface area contributed by atoms with Gasteiger partial charge >= 0.3 is 0 Å². The van der Waals surface area contributed by atoms with Crippen LogP contribution in [-0.4, -0.2) is 23.2 Å². The van der Waals surface area contributed by atoms with Crippen molar-refractivity contribution in [1.82, 2.24) is 4.98 Å². The Labute approximate surface area is 84.4 Å². The van der Waals surface area contributed by atoms with Gasteiger partial charge in [0.2, 0.25) is 0 Å². The molecule has 14 heavy (non-hydrogen) atoms. The van der Waals surface area contributed by atoms with E-state index in [1.807, 2.05) is 12.1 Å². The molecule has 0 spiro atoms. The first kappa shape index (κ1) is 9.46. The second-order valence-corrected chi connectivity index (χ2v) is 4.00. The molecule has 1 unspecified atom stereocenters. The van der Waals surface area contributed by atoms with E-state index in [1.165, 1.54) is 12.1 Å². The summed E-state index contributed by atoms with van der Waals surface area (Å²) in [5.74, 6) is 0.778. The summed E-state index contributed by atoms with van der Waals surface area (Å²) in [5.41, 5.74) is 1.94. The first-order valence-electron chi connectivity index (χ1n) is 5.10. The molecule has 3 nitrogen and oxygen atoms in total. The quantitative estimate of drug-likeness (QED) is 0.770. The molecule has 1 atom stereocenters. The number of pyridine rings is 1. The molecule has 1 saturated heterocycles. The molecule has 1 aliphatic heterocycles. The van der Waals surface area contributed by atoms with E-state index in [4.69, 9.17) is 5.11 Å². The summed E-state index contributed by atoms with van der Waals surface area (Å²) >= 11 is 0. The van der Waals surface area contributed by atoms with Crippen LogP contribution in [0.5, 0.6) is 0 Å². The van der Waals surface area contributed by atoms with Gasteiger partial charge in [-0.25, -0.2) is 0 Å². The van der Waals surface area contributed by atoms with E-state index in [0.717, 1.165) is 24.7 Å². The Morgan fingerprint density at radius 1 is 1.64 bits per heavy atom. The number of anilines is 1. The summed E-state index contributed by atoms with van der Waals surface area (Å²) in [6, 6.07) is 3.98. The lowest BCUT2D eigenvalue weighted by molar-refractivity contribution is 0.277. The fourth-order valence-corrected chi connectivity index (χ4v) is 1.92. The van der Waals surface area contributed by atoms with Gasteiger partial charge in [-0.1, -0.05) is 6.92 Å². The predicted molar refractivity (Wildman–Crippen MR) is 56.2 cm³/mol. The summed E-state index contributed by atoms with van der Waals surface area (Å²) in [4.78, 5) is 6.42. The van der Waals surface area contributed by atoms with Crippen molar-refractivity contribution in [3.8, 4) is 0 Å². The zero-order chi connectivity index (χ0) is 9.97. The van der Waals surface area contributed by atoms with Crippen molar-refractivity contribution >= 4 is 5.69 Å². The van der Waals surface area contributed by atoms with Crippen LogP contribution in [0.3, 0.4) is 0 Å². The van der Waals surface area contributed by atoms with Gasteiger partial charge in [-0.05, 0) is 24.5 Å². The van der Waals surface area contributed by atoms with Crippen molar-refractivity contribution in [3.05, 3.63) is 24.0 Å². The van der Waals surface area contributed by atoms with Crippen LogP contribution in [0.1, 0.15) is 19.0 Å². The van der Waals surface area contributed by atoms with E-state index in [0.29, 0.717) is 0 Å². The summed E-state index contributed by atoms with van der Waals surface area (Å²) in [6.45, 7) is 4.54. The normalized spacial score (nSPS) is 21.6. The third-order valence-corrected chi connectivity index (χ3v) is 2.75. The Kier molecular flexibility index (Phi) is 2.68. The highest BCUT2D eigenvalue weighted by Crippen LogP contribution is 2.23. The van der Waals surface area contributed by atoms with Gasteiger partial charge in [-0.3, -0.25) is 4.98 Å². The van der Waals surface area contributed by atoms with Gasteiger partial charge in [-0.15, -0.1) is 0 Å². The van der Waals surface area contributed by atoms with Crippen LogP contribution in [0.25, 0.3) is 0 Å². The Bertz CT molecular complexity index is 314. The van der Waals surface area contributed by atoms with Crippen molar-refractivity contribution in [2.45, 2.75) is 20.0 Å². The maximum atomic E-state index is 8.98. The molecule has 0 radical (unpaired) electrons. The largest absolute Gasteiger partial charge is 0.390 e. The first-order chi connectivity index (χ1) is 6.79. The van der Waals surface area contributed by atoms with E-state index in [9.17, 15) is 0 Å². The fraction of sp³-hybridized carbons (Fsp3) is 0.545. The smallest absolute Gasteiger partial charge is 0.0853 e. The lowest BCUT2D eigenvalue weighted by atomic mass is 10.2. The van der Waals surface area contributed by atoms with Gasteiger partial charge in [0.05, 0.1) is 12.3 Å². The van der Waals surface area contributed by atoms with Crippen molar-refractivity contribution < 1.29 is 5.11 Å². The number of nitrogens with zero attached hydrogens (tertiary/aromatic N) is 2. The van der Waals surface area contributed by atoms with Gasteiger partial charge < -0.3 is 10.0 Å². The molecule has 1 aromatic heterocycles. The first-order valence-corrected chi connectivity index (χ1v) is 5.10. The highest BCUT2D eigenvalue weighted by molar-refractivity contribution is 5.47. The van der Waals surface area contributed by atoms with Crippen molar-refractivity contribution in [1.29, 1.82) is 0 Å². The van der Waals surface area contributed by atoms with Gasteiger partial charge in [0, 0.05) is 25.0 Å². The highest BCUT2D eigenvalue weighted by Gasteiger charge is 2.18. The molecular weight excluding hydrogens is 176 g/mol. The Hall–Kier alpha value is -1.09. The van der Waals surface area contributed by atoms with Crippen LogP contribution in [0, 0.1) is 5.92 Å². The van der Waals surface area contributed by atoms with Gasteiger partial charge in [-0.2, -0.15) is 0 Å². The third kappa shape index (κ3) is 1.87. The standard InChI is InChI=1S/C11H16N2O/c1-9-3-5-13(7-9)11-2-4-12-10(6-11)8-14/h2,4,6,9,14H,3,5,7-8H2,1H3. The maximum absolute atomic E-state index is 8.98. The zero-order valence-corrected chi connectivity index (χ0v) is 8.48. The summed E-state index contributed by atoms with van der Waals surface area (Å²) in [5, 5.41) is 8.98. The average Bonchev–Trinajstić information content (AvgIpc) is 2.65. The molecule has 3 heteroatoms. The SMILES string of the molecule is CC1CCN(c2ccnc(CO)c2)C1. The monoisotopic (exact) mass is 192 g/mol. The molecular formula is C11H16N2O. The highest BCUT2D eigenvalue weighted by atomic mass is 16.3. The van der Waals surface area contributed by atoms with E-state index < -0.39 is 0 Å². The summed E-state index contributed by atoms with van der Waals surface area (Å²) in [7, 11) is 0. The number of aliphatic hydroxyl groups excluding tert-OH is 1. The molecule has 0 amide bonds. The van der Waals surface area contributed by atoms with Gasteiger partial charge in [0.1, 0.15) is 0 Å². The number of aliphatic hydroxyl groups is 1. The van der Waals surface area contributed by atoms with E-state index in [2.05, 4.69) is 16.8 Å². The number of aromatic nitrogens is 1. The number of hydrogen-bond acceptors (Lipinski definition) is 3. The fourth-order valence-electron chi connectivity index (χ4n) is 1.92. The second-order valence-electron chi connectivity index (χ2n) is 4.00. The molecule has 76 valence electrons. The van der Waals surface area contributed by atoms with Crippen molar-refractivity contribution in [3.63, 3.8) is 0 Å². The minimum atomic E-state index is 0.0250. The zero-order valence-electron chi connectivity index (χ0n) is 8.48. The molecule has 0 bridgehead atoms. The van der Waals surface area contributed by atoms with Crippen LogP contribution in [-0.2, 0) is 6.61 Å². The van der Waals surface area contributed by atoms with Gasteiger partial charge in [0.25, 0.3) is 0 Å².